The molecular weight excluding hydrogens is 383 g/mol. The predicted molar refractivity (Wildman–Crippen MR) is 111 cm³/mol. The van der Waals surface area contributed by atoms with E-state index in [-0.39, 0.29) is 18.7 Å². The fourth-order valence-corrected chi connectivity index (χ4v) is 4.25. The molecule has 1 aliphatic heterocycles. The molecule has 0 spiro atoms. The molecule has 4 rings (SSSR count). The van der Waals surface area contributed by atoms with Crippen LogP contribution in [0.15, 0.2) is 42.6 Å². The number of aromatic nitrogens is 2. The molecule has 1 saturated heterocycles. The van der Waals surface area contributed by atoms with Gasteiger partial charge in [0.15, 0.2) is 0 Å². The summed E-state index contributed by atoms with van der Waals surface area (Å²) >= 11 is 12.4. The lowest BCUT2D eigenvalue weighted by molar-refractivity contribution is 0.235. The van der Waals surface area contributed by atoms with E-state index in [2.05, 4.69) is 40.4 Å². The monoisotopic (exact) mass is 404 g/mol. The second-order valence-corrected chi connectivity index (χ2v) is 7.80. The van der Waals surface area contributed by atoms with Crippen molar-refractivity contribution in [1.29, 1.82) is 0 Å². The number of aliphatic hydroxyl groups is 1. The van der Waals surface area contributed by atoms with E-state index in [1.807, 2.05) is 23.0 Å². The summed E-state index contributed by atoms with van der Waals surface area (Å²) in [5, 5.41) is 19.7. The van der Waals surface area contributed by atoms with Gasteiger partial charge in [0.2, 0.25) is 0 Å². The van der Waals surface area contributed by atoms with Crippen molar-refractivity contribution < 1.29 is 5.11 Å². The maximum atomic E-state index is 9.46. The first-order valence-electron chi connectivity index (χ1n) is 9.08. The van der Waals surface area contributed by atoms with Crippen LogP contribution >= 0.6 is 23.2 Å². The third-order valence-corrected chi connectivity index (χ3v) is 5.76. The van der Waals surface area contributed by atoms with Gasteiger partial charge in [-0.3, -0.25) is 4.68 Å². The molecule has 1 aromatic heterocycles. The lowest BCUT2D eigenvalue weighted by Gasteiger charge is -2.34. The first-order valence-corrected chi connectivity index (χ1v) is 9.84. The van der Waals surface area contributed by atoms with Crippen molar-refractivity contribution in [3.8, 4) is 0 Å². The van der Waals surface area contributed by atoms with Gasteiger partial charge in [0, 0.05) is 46.8 Å². The van der Waals surface area contributed by atoms with Gasteiger partial charge < -0.3 is 15.3 Å². The average Bonchev–Trinajstić information content (AvgIpc) is 3.11. The van der Waals surface area contributed by atoms with Gasteiger partial charge in [0.25, 0.3) is 0 Å². The van der Waals surface area contributed by atoms with Gasteiger partial charge in [-0.15, -0.1) is 0 Å². The number of benzene rings is 2. The van der Waals surface area contributed by atoms with Crippen molar-refractivity contribution in [2.45, 2.75) is 19.0 Å². The Kier molecular flexibility index (Phi) is 5.28. The summed E-state index contributed by atoms with van der Waals surface area (Å²) in [5.41, 5.74) is 3.18. The minimum absolute atomic E-state index is 0.0178. The van der Waals surface area contributed by atoms with Crippen molar-refractivity contribution >= 4 is 39.8 Å². The Morgan fingerprint density at radius 1 is 1.26 bits per heavy atom. The fourth-order valence-electron chi connectivity index (χ4n) is 3.69. The minimum Gasteiger partial charge on any atom is -0.395 e. The number of piperazine rings is 1. The molecule has 0 radical (unpaired) electrons. The molecule has 2 aromatic carbocycles. The van der Waals surface area contributed by atoms with Crippen LogP contribution in [0.1, 0.15) is 18.5 Å². The number of aliphatic hydroxyl groups excluding tert-OH is 1. The molecule has 0 bridgehead atoms. The molecule has 27 heavy (non-hydrogen) atoms. The smallest absolute Gasteiger partial charge is 0.0761 e. The highest BCUT2D eigenvalue weighted by Gasteiger charge is 2.20. The summed E-state index contributed by atoms with van der Waals surface area (Å²) in [7, 11) is 0. The highest BCUT2D eigenvalue weighted by Crippen LogP contribution is 2.31. The minimum atomic E-state index is -0.0178. The van der Waals surface area contributed by atoms with Crippen molar-refractivity contribution in [2.24, 2.45) is 0 Å². The predicted octanol–water partition coefficient (Wildman–Crippen LogP) is 3.72. The molecule has 2 heterocycles. The molecule has 1 unspecified atom stereocenters. The molecule has 0 aliphatic carbocycles. The van der Waals surface area contributed by atoms with Crippen LogP contribution < -0.4 is 10.2 Å². The molecular formula is C20H22Cl2N4O. The van der Waals surface area contributed by atoms with E-state index in [0.717, 1.165) is 41.8 Å². The molecule has 7 heteroatoms. The summed E-state index contributed by atoms with van der Waals surface area (Å²) in [4.78, 5) is 2.30. The zero-order valence-electron chi connectivity index (χ0n) is 15.1. The average molecular weight is 405 g/mol. The summed E-state index contributed by atoms with van der Waals surface area (Å²) in [5.74, 6) is 0. The molecule has 1 fully saturated rings. The van der Waals surface area contributed by atoms with Crippen LogP contribution in [0.4, 0.5) is 5.69 Å². The molecule has 0 saturated carbocycles. The largest absolute Gasteiger partial charge is 0.395 e. The highest BCUT2D eigenvalue weighted by atomic mass is 35.5. The number of nitrogens with zero attached hydrogens (tertiary/aromatic N) is 3. The van der Waals surface area contributed by atoms with E-state index in [9.17, 15) is 5.11 Å². The second kappa shape index (κ2) is 7.68. The Morgan fingerprint density at radius 3 is 2.89 bits per heavy atom. The summed E-state index contributed by atoms with van der Waals surface area (Å²) in [6, 6.07) is 12.0. The molecule has 2 atom stereocenters. The molecule has 3 aromatic rings. The van der Waals surface area contributed by atoms with Crippen molar-refractivity contribution in [1.82, 2.24) is 15.1 Å². The van der Waals surface area contributed by atoms with E-state index >= 15 is 0 Å². The SMILES string of the molecule is C[C@H](c1ccc(Cl)cc1Cl)n1ncc2ccc(N3CCNC(CO)C3)cc21. The second-order valence-electron chi connectivity index (χ2n) is 6.95. The fraction of sp³-hybridized carbons (Fsp3) is 0.350. The zero-order valence-corrected chi connectivity index (χ0v) is 16.6. The Balaban J connectivity index is 1.70. The van der Waals surface area contributed by atoms with Gasteiger partial charge in [0.1, 0.15) is 0 Å². The van der Waals surface area contributed by atoms with Crippen molar-refractivity contribution in [2.75, 3.05) is 31.1 Å². The molecule has 142 valence electrons. The van der Waals surface area contributed by atoms with Gasteiger partial charge in [-0.25, -0.2) is 0 Å². The van der Waals surface area contributed by atoms with E-state index in [1.54, 1.807) is 6.07 Å². The van der Waals surface area contributed by atoms with Gasteiger partial charge in [-0.2, -0.15) is 5.10 Å². The lowest BCUT2D eigenvalue weighted by atomic mass is 10.1. The van der Waals surface area contributed by atoms with Crippen LogP contribution in [0.3, 0.4) is 0 Å². The van der Waals surface area contributed by atoms with Crippen LogP contribution in [0, 0.1) is 0 Å². The van der Waals surface area contributed by atoms with Crippen LogP contribution in [-0.2, 0) is 0 Å². The first kappa shape index (κ1) is 18.6. The summed E-state index contributed by atoms with van der Waals surface area (Å²) in [6.45, 7) is 4.78. The van der Waals surface area contributed by atoms with E-state index in [0.29, 0.717) is 10.0 Å². The Hall–Kier alpha value is -1.79. The number of anilines is 1. The number of fused-ring (bicyclic) bond motifs is 1. The lowest BCUT2D eigenvalue weighted by Crippen LogP contribution is -2.52. The highest BCUT2D eigenvalue weighted by molar-refractivity contribution is 6.35. The maximum absolute atomic E-state index is 9.46. The van der Waals surface area contributed by atoms with E-state index in [1.165, 1.54) is 0 Å². The van der Waals surface area contributed by atoms with Crippen LogP contribution in [-0.4, -0.2) is 47.2 Å². The third-order valence-electron chi connectivity index (χ3n) is 5.20. The summed E-state index contributed by atoms with van der Waals surface area (Å²) in [6.07, 6.45) is 1.88. The Bertz CT molecular complexity index is 958. The van der Waals surface area contributed by atoms with Crippen molar-refractivity contribution in [3.05, 3.63) is 58.2 Å². The molecule has 2 N–H and O–H groups in total. The van der Waals surface area contributed by atoms with Gasteiger partial charge >= 0.3 is 0 Å². The topological polar surface area (TPSA) is 53.3 Å². The third kappa shape index (κ3) is 3.65. The first-order chi connectivity index (χ1) is 13.1. The molecule has 0 amide bonds. The standard InChI is InChI=1S/C20H22Cl2N4O/c1-13(18-5-3-15(21)8-19(18)22)26-20-9-17(4-2-14(20)10-24-26)25-7-6-23-16(11-25)12-27/h2-5,8-10,13,16,23,27H,6-7,11-12H2,1H3/t13-,16?/m1/s1. The Labute approximate surface area is 168 Å². The zero-order chi connectivity index (χ0) is 19.0. The van der Waals surface area contributed by atoms with E-state index in [4.69, 9.17) is 23.2 Å². The van der Waals surface area contributed by atoms with Crippen LogP contribution in [0.2, 0.25) is 10.0 Å². The molecule has 1 aliphatic rings. The number of nitrogens with one attached hydrogen (secondary N) is 1. The summed E-state index contributed by atoms with van der Waals surface area (Å²) < 4.78 is 2.00. The number of hydrogen-bond acceptors (Lipinski definition) is 4. The van der Waals surface area contributed by atoms with Gasteiger partial charge in [0.05, 0.1) is 24.4 Å². The van der Waals surface area contributed by atoms with Gasteiger partial charge in [-0.1, -0.05) is 29.3 Å². The maximum Gasteiger partial charge on any atom is 0.0761 e. The molecule has 5 nitrogen and oxygen atoms in total. The normalized spacial score (nSPS) is 18.8. The van der Waals surface area contributed by atoms with E-state index < -0.39 is 0 Å². The quantitative estimate of drug-likeness (QED) is 0.695. The number of rotatable bonds is 4. The van der Waals surface area contributed by atoms with Crippen molar-refractivity contribution in [3.63, 3.8) is 0 Å². The number of hydrogen-bond donors (Lipinski definition) is 2. The van der Waals surface area contributed by atoms with Crippen LogP contribution in [0.25, 0.3) is 10.9 Å². The van der Waals surface area contributed by atoms with Gasteiger partial charge in [-0.05, 0) is 42.8 Å². The Morgan fingerprint density at radius 2 is 2.11 bits per heavy atom. The number of halogens is 2. The van der Waals surface area contributed by atoms with Crippen LogP contribution in [0.5, 0.6) is 0 Å².